The van der Waals surface area contributed by atoms with Crippen molar-refractivity contribution in [2.75, 3.05) is 17.7 Å². The van der Waals surface area contributed by atoms with Gasteiger partial charge in [0, 0.05) is 16.9 Å². The van der Waals surface area contributed by atoms with Crippen molar-refractivity contribution in [1.29, 1.82) is 0 Å². The van der Waals surface area contributed by atoms with Gasteiger partial charge in [0.1, 0.15) is 0 Å². The fourth-order valence-electron chi connectivity index (χ4n) is 3.35. The highest BCUT2D eigenvalue weighted by Crippen LogP contribution is 2.32. The van der Waals surface area contributed by atoms with Crippen LogP contribution >= 0.6 is 0 Å². The zero-order valence-corrected chi connectivity index (χ0v) is 15.0. The van der Waals surface area contributed by atoms with Crippen LogP contribution in [0.25, 0.3) is 0 Å². The van der Waals surface area contributed by atoms with Gasteiger partial charge in [0.05, 0.1) is 7.11 Å². The smallest absolute Gasteiger partial charge is 0.411 e. The molecular weight excluding hydrogens is 328 g/mol. The van der Waals surface area contributed by atoms with Crippen LogP contribution in [0.15, 0.2) is 48.5 Å². The Kier molecular flexibility index (Phi) is 5.89. The van der Waals surface area contributed by atoms with E-state index in [4.69, 9.17) is 0 Å². The number of hydrogen-bond donors (Lipinski definition) is 2. The molecule has 0 aromatic heterocycles. The van der Waals surface area contributed by atoms with Crippen molar-refractivity contribution in [3.63, 3.8) is 0 Å². The maximum absolute atomic E-state index is 12.4. The molecule has 26 heavy (non-hydrogen) atoms. The number of carbonyl (C=O) groups is 2. The molecule has 2 aromatic rings. The fraction of sp³-hybridized carbons (Fsp3) is 0.333. The average molecular weight is 352 g/mol. The van der Waals surface area contributed by atoms with Crippen molar-refractivity contribution in [3.05, 3.63) is 59.7 Å². The third kappa shape index (κ3) is 4.63. The van der Waals surface area contributed by atoms with E-state index < -0.39 is 6.09 Å². The summed E-state index contributed by atoms with van der Waals surface area (Å²) in [6.07, 6.45) is 5.90. The predicted molar refractivity (Wildman–Crippen MR) is 103 cm³/mol. The molecular formula is C21H24N2O3. The number of benzene rings is 2. The fourth-order valence-corrected chi connectivity index (χ4v) is 3.35. The van der Waals surface area contributed by atoms with Gasteiger partial charge in [-0.15, -0.1) is 0 Å². The molecule has 0 unspecified atom stereocenters. The molecule has 2 N–H and O–H groups in total. The van der Waals surface area contributed by atoms with Gasteiger partial charge in [0.25, 0.3) is 5.91 Å². The lowest BCUT2D eigenvalue weighted by Gasteiger charge is -2.22. The summed E-state index contributed by atoms with van der Waals surface area (Å²) in [5.41, 5.74) is 3.24. The first-order valence-corrected chi connectivity index (χ1v) is 9.02. The Morgan fingerprint density at radius 1 is 0.846 bits per heavy atom. The Balaban J connectivity index is 1.59. The van der Waals surface area contributed by atoms with Gasteiger partial charge < -0.3 is 10.1 Å². The summed E-state index contributed by atoms with van der Waals surface area (Å²) in [6, 6.07) is 14.8. The van der Waals surface area contributed by atoms with Crippen LogP contribution in [0.2, 0.25) is 0 Å². The number of ether oxygens (including phenoxy) is 1. The highest BCUT2D eigenvalue weighted by molar-refractivity contribution is 6.04. The molecule has 1 aliphatic carbocycles. The summed E-state index contributed by atoms with van der Waals surface area (Å²) in [7, 11) is 1.31. The molecule has 0 bridgehead atoms. The number of carbonyl (C=O) groups excluding carboxylic acids is 2. The van der Waals surface area contributed by atoms with E-state index in [0.717, 1.165) is 0 Å². The van der Waals surface area contributed by atoms with E-state index in [1.54, 1.807) is 24.3 Å². The molecule has 3 rings (SSSR count). The largest absolute Gasteiger partial charge is 0.453 e. The van der Waals surface area contributed by atoms with Crippen LogP contribution in [-0.4, -0.2) is 19.1 Å². The number of methoxy groups -OCH3 is 1. The van der Waals surface area contributed by atoms with Crippen molar-refractivity contribution in [3.8, 4) is 0 Å². The first kappa shape index (κ1) is 18.0. The zero-order chi connectivity index (χ0) is 18.4. The summed E-state index contributed by atoms with van der Waals surface area (Å²) in [5.74, 6) is 0.490. The first-order chi connectivity index (χ1) is 12.7. The molecule has 5 heteroatoms. The minimum absolute atomic E-state index is 0.145. The second kappa shape index (κ2) is 8.52. The molecule has 1 saturated carbocycles. The highest BCUT2D eigenvalue weighted by Gasteiger charge is 2.16. The summed E-state index contributed by atoms with van der Waals surface area (Å²) in [6.45, 7) is 0. The number of hydrogen-bond acceptors (Lipinski definition) is 3. The van der Waals surface area contributed by atoms with Crippen molar-refractivity contribution in [1.82, 2.24) is 0 Å². The molecule has 1 fully saturated rings. The lowest BCUT2D eigenvalue weighted by molar-refractivity contribution is 0.102. The van der Waals surface area contributed by atoms with E-state index in [2.05, 4.69) is 27.5 Å². The molecule has 5 nitrogen and oxygen atoms in total. The lowest BCUT2D eigenvalue weighted by Crippen LogP contribution is -2.13. The van der Waals surface area contributed by atoms with Gasteiger partial charge in [-0.2, -0.15) is 0 Å². The van der Waals surface area contributed by atoms with Crippen molar-refractivity contribution in [2.45, 2.75) is 38.0 Å². The molecule has 0 spiro atoms. The van der Waals surface area contributed by atoms with Gasteiger partial charge in [-0.1, -0.05) is 31.4 Å². The number of rotatable bonds is 4. The molecule has 0 saturated heterocycles. The number of amides is 2. The van der Waals surface area contributed by atoms with Crippen molar-refractivity contribution in [2.24, 2.45) is 0 Å². The quantitative estimate of drug-likeness (QED) is 0.798. The number of nitrogens with one attached hydrogen (secondary N) is 2. The summed E-state index contributed by atoms with van der Waals surface area (Å²) in [5, 5.41) is 5.44. The highest BCUT2D eigenvalue weighted by atomic mass is 16.5. The first-order valence-electron chi connectivity index (χ1n) is 9.02. The van der Waals surface area contributed by atoms with E-state index in [0.29, 0.717) is 22.9 Å². The van der Waals surface area contributed by atoms with Gasteiger partial charge in [-0.05, 0) is 60.7 Å². The van der Waals surface area contributed by atoms with E-state index in [9.17, 15) is 9.59 Å². The average Bonchev–Trinajstić information content (AvgIpc) is 2.70. The number of anilines is 2. The second-order valence-corrected chi connectivity index (χ2v) is 6.60. The van der Waals surface area contributed by atoms with Crippen LogP contribution in [0.4, 0.5) is 16.2 Å². The Bertz CT molecular complexity index is 748. The third-order valence-corrected chi connectivity index (χ3v) is 4.82. The lowest BCUT2D eigenvalue weighted by atomic mass is 9.84. The van der Waals surface area contributed by atoms with E-state index in [1.807, 2.05) is 12.1 Å². The topological polar surface area (TPSA) is 67.4 Å². The van der Waals surface area contributed by atoms with Gasteiger partial charge in [0.15, 0.2) is 0 Å². The van der Waals surface area contributed by atoms with Crippen molar-refractivity contribution < 1.29 is 14.3 Å². The molecule has 2 amide bonds. The minimum atomic E-state index is -0.528. The maximum atomic E-state index is 12.4. The van der Waals surface area contributed by atoms with Gasteiger partial charge >= 0.3 is 6.09 Å². The van der Waals surface area contributed by atoms with Gasteiger partial charge in [-0.25, -0.2) is 4.79 Å². The van der Waals surface area contributed by atoms with Crippen LogP contribution in [0.5, 0.6) is 0 Å². The van der Waals surface area contributed by atoms with E-state index in [-0.39, 0.29) is 5.91 Å². The molecule has 0 atom stereocenters. The Morgan fingerprint density at radius 2 is 1.42 bits per heavy atom. The Labute approximate surface area is 153 Å². The predicted octanol–water partition coefficient (Wildman–Crippen LogP) is 5.16. The second-order valence-electron chi connectivity index (χ2n) is 6.60. The van der Waals surface area contributed by atoms with Crippen molar-refractivity contribution >= 4 is 23.4 Å². The molecule has 136 valence electrons. The Hall–Kier alpha value is -2.82. The van der Waals surface area contributed by atoms with Crippen LogP contribution in [-0.2, 0) is 4.74 Å². The summed E-state index contributed by atoms with van der Waals surface area (Å²) < 4.78 is 4.54. The monoisotopic (exact) mass is 352 g/mol. The van der Waals surface area contributed by atoms with Crippen LogP contribution in [0, 0.1) is 0 Å². The van der Waals surface area contributed by atoms with Gasteiger partial charge in [-0.3, -0.25) is 10.1 Å². The molecule has 0 radical (unpaired) electrons. The van der Waals surface area contributed by atoms with Gasteiger partial charge in [0.2, 0.25) is 0 Å². The van der Waals surface area contributed by atoms with E-state index in [1.165, 1.54) is 44.8 Å². The summed E-state index contributed by atoms with van der Waals surface area (Å²) in [4.78, 5) is 23.6. The normalized spacial score (nSPS) is 14.5. The third-order valence-electron chi connectivity index (χ3n) is 4.82. The zero-order valence-electron chi connectivity index (χ0n) is 15.0. The van der Waals surface area contributed by atoms with Crippen LogP contribution < -0.4 is 10.6 Å². The molecule has 2 aromatic carbocycles. The van der Waals surface area contributed by atoms with E-state index >= 15 is 0 Å². The van der Waals surface area contributed by atoms with Crippen LogP contribution in [0.1, 0.15) is 53.9 Å². The summed E-state index contributed by atoms with van der Waals surface area (Å²) >= 11 is 0. The SMILES string of the molecule is COC(=O)Nc1ccc(NC(=O)c2ccc(C3CCCCC3)cc2)cc1. The molecule has 1 aliphatic rings. The maximum Gasteiger partial charge on any atom is 0.411 e. The molecule has 0 aliphatic heterocycles. The van der Waals surface area contributed by atoms with Crippen LogP contribution in [0.3, 0.4) is 0 Å². The minimum Gasteiger partial charge on any atom is -0.453 e. The standard InChI is InChI=1S/C21H24N2O3/c1-26-21(25)23-19-13-11-18(12-14-19)22-20(24)17-9-7-16(8-10-17)15-5-3-2-4-6-15/h7-15H,2-6H2,1H3,(H,22,24)(H,23,25). The Morgan fingerprint density at radius 3 is 2.00 bits per heavy atom. The molecule has 0 heterocycles.